The molecule has 0 bridgehead atoms. The third kappa shape index (κ3) is 6.21. The summed E-state index contributed by atoms with van der Waals surface area (Å²) in [6.45, 7) is 11.7. The number of hydrogen-bond donors (Lipinski definition) is 0. The van der Waals surface area contributed by atoms with Gasteiger partial charge in [-0.05, 0) is 21.8 Å². The second kappa shape index (κ2) is 11.5. The molecule has 0 spiro atoms. The Balaban J connectivity index is 1.95. The lowest BCUT2D eigenvalue weighted by atomic mass is 10.1. The van der Waals surface area contributed by atoms with Gasteiger partial charge < -0.3 is 18.6 Å². The van der Waals surface area contributed by atoms with Crippen molar-refractivity contribution in [2.45, 2.75) is 83.8 Å². The quantitative estimate of drug-likeness (QED) is 0.385. The summed E-state index contributed by atoms with van der Waals surface area (Å²) in [4.78, 5) is 23.5. The van der Waals surface area contributed by atoms with Crippen LogP contribution in [0, 0.1) is 0 Å². The van der Waals surface area contributed by atoms with E-state index >= 15 is 0 Å². The number of esters is 2. The maximum atomic E-state index is 11.9. The third-order valence-electron chi connectivity index (χ3n) is 6.56. The molecule has 1 fully saturated rings. The second-order valence-electron chi connectivity index (χ2n) is 10.1. The molecule has 190 valence electrons. The molecular formula is C28H38O6Si. The first-order chi connectivity index (χ1) is 16.6. The van der Waals surface area contributed by atoms with Crippen LogP contribution >= 0.6 is 0 Å². The van der Waals surface area contributed by atoms with Gasteiger partial charge in [-0.15, -0.1) is 0 Å². The van der Waals surface area contributed by atoms with Gasteiger partial charge in [0, 0.05) is 20.3 Å². The van der Waals surface area contributed by atoms with E-state index in [0.717, 1.165) is 0 Å². The number of rotatable bonds is 9. The number of hydrogen-bond acceptors (Lipinski definition) is 6. The average Bonchev–Trinajstić information content (AvgIpc) is 3.20. The molecule has 35 heavy (non-hydrogen) atoms. The van der Waals surface area contributed by atoms with Gasteiger partial charge in [0.1, 0.15) is 18.3 Å². The summed E-state index contributed by atoms with van der Waals surface area (Å²) in [5.41, 5.74) is 0. The number of carbonyl (C=O) groups excluding carboxylic acids is 2. The van der Waals surface area contributed by atoms with Gasteiger partial charge in [0.2, 0.25) is 0 Å². The van der Waals surface area contributed by atoms with Crippen LogP contribution < -0.4 is 10.4 Å². The van der Waals surface area contributed by atoms with E-state index in [1.165, 1.54) is 24.2 Å². The van der Waals surface area contributed by atoms with Gasteiger partial charge in [0.05, 0.1) is 12.7 Å². The number of ether oxygens (including phenoxy) is 3. The summed E-state index contributed by atoms with van der Waals surface area (Å²) in [7, 11) is -2.78. The van der Waals surface area contributed by atoms with Crippen molar-refractivity contribution in [3.8, 4) is 0 Å². The molecule has 0 aromatic heterocycles. The molecule has 1 aliphatic heterocycles. The molecule has 2 aromatic carbocycles. The van der Waals surface area contributed by atoms with E-state index in [0.29, 0.717) is 12.8 Å². The molecular weight excluding hydrogens is 460 g/mol. The van der Waals surface area contributed by atoms with E-state index in [2.05, 4.69) is 45.0 Å². The van der Waals surface area contributed by atoms with E-state index in [9.17, 15) is 9.59 Å². The first-order valence-electron chi connectivity index (χ1n) is 12.3. The van der Waals surface area contributed by atoms with Crippen LogP contribution in [0.15, 0.2) is 60.7 Å². The molecule has 0 N–H and O–H groups in total. The van der Waals surface area contributed by atoms with Crippen LogP contribution in [0.5, 0.6) is 0 Å². The molecule has 6 nitrogen and oxygen atoms in total. The summed E-state index contributed by atoms with van der Waals surface area (Å²) >= 11 is 0. The monoisotopic (exact) mass is 498 g/mol. The first kappa shape index (κ1) is 27.1. The average molecular weight is 499 g/mol. The van der Waals surface area contributed by atoms with E-state index in [4.69, 9.17) is 18.6 Å². The van der Waals surface area contributed by atoms with Gasteiger partial charge >= 0.3 is 11.9 Å². The maximum absolute atomic E-state index is 11.9. The van der Waals surface area contributed by atoms with Crippen molar-refractivity contribution in [3.05, 3.63) is 60.7 Å². The lowest BCUT2D eigenvalue weighted by molar-refractivity contribution is -0.155. The SMILES string of the molecule is CC[C@@H](OC(C)=O)[C@@H]1C[C@H](OC(C)=O)[C@@H](CO[Si](c2ccccc2)(c2ccccc2)C(C)(C)C)O1. The fraction of sp³-hybridized carbons (Fsp3) is 0.500. The van der Waals surface area contributed by atoms with Crippen LogP contribution in [0.1, 0.15) is 54.4 Å². The van der Waals surface area contributed by atoms with Gasteiger partial charge in [-0.3, -0.25) is 9.59 Å². The number of benzene rings is 2. The Labute approximate surface area is 210 Å². The maximum Gasteiger partial charge on any atom is 0.302 e. The zero-order valence-electron chi connectivity index (χ0n) is 21.7. The highest BCUT2D eigenvalue weighted by atomic mass is 28.4. The van der Waals surface area contributed by atoms with Crippen molar-refractivity contribution in [3.63, 3.8) is 0 Å². The molecule has 1 aliphatic rings. The smallest absolute Gasteiger partial charge is 0.302 e. The van der Waals surface area contributed by atoms with E-state index < -0.39 is 26.6 Å². The first-order valence-corrected chi connectivity index (χ1v) is 14.2. The Morgan fingerprint density at radius 3 is 1.94 bits per heavy atom. The zero-order valence-corrected chi connectivity index (χ0v) is 22.7. The summed E-state index contributed by atoms with van der Waals surface area (Å²) in [5.74, 6) is -0.716. The van der Waals surface area contributed by atoms with Crippen LogP contribution in [-0.4, -0.2) is 51.3 Å². The van der Waals surface area contributed by atoms with Crippen molar-refractivity contribution in [2.75, 3.05) is 6.61 Å². The Bertz CT molecular complexity index is 932. The zero-order chi connectivity index (χ0) is 25.6. The van der Waals surface area contributed by atoms with Crippen molar-refractivity contribution in [1.82, 2.24) is 0 Å². The predicted octanol–water partition coefficient (Wildman–Crippen LogP) is 3.99. The van der Waals surface area contributed by atoms with Crippen molar-refractivity contribution in [2.24, 2.45) is 0 Å². The van der Waals surface area contributed by atoms with Gasteiger partial charge in [-0.25, -0.2) is 0 Å². The van der Waals surface area contributed by atoms with E-state index in [1.807, 2.05) is 43.3 Å². The Kier molecular flexibility index (Phi) is 8.91. The van der Waals surface area contributed by atoms with Crippen molar-refractivity contribution >= 4 is 30.6 Å². The third-order valence-corrected chi connectivity index (χ3v) is 11.6. The van der Waals surface area contributed by atoms with Crippen molar-refractivity contribution in [1.29, 1.82) is 0 Å². The van der Waals surface area contributed by atoms with Crippen LogP contribution in [0.4, 0.5) is 0 Å². The summed E-state index contributed by atoms with van der Waals surface area (Å²) in [6.07, 6.45) is -0.626. The fourth-order valence-electron chi connectivity index (χ4n) is 5.08. The van der Waals surface area contributed by atoms with Gasteiger partial charge in [0.15, 0.2) is 0 Å². The summed E-state index contributed by atoms with van der Waals surface area (Å²) < 4.78 is 24.5. The molecule has 0 unspecified atom stereocenters. The molecule has 0 saturated carbocycles. The van der Waals surface area contributed by atoms with E-state index in [-0.39, 0.29) is 29.7 Å². The fourth-order valence-corrected chi connectivity index (χ4v) is 9.65. The van der Waals surface area contributed by atoms with Crippen LogP contribution in [0.25, 0.3) is 0 Å². The predicted molar refractivity (Wildman–Crippen MR) is 138 cm³/mol. The molecule has 0 radical (unpaired) electrons. The van der Waals surface area contributed by atoms with Crippen LogP contribution in [-0.2, 0) is 28.2 Å². The molecule has 7 heteroatoms. The minimum absolute atomic E-state index is 0.186. The Morgan fingerprint density at radius 1 is 0.971 bits per heavy atom. The lowest BCUT2D eigenvalue weighted by Crippen LogP contribution is -2.67. The summed E-state index contributed by atoms with van der Waals surface area (Å²) in [5, 5.41) is 2.15. The molecule has 1 saturated heterocycles. The molecule has 4 atom stereocenters. The highest BCUT2D eigenvalue weighted by molar-refractivity contribution is 6.99. The lowest BCUT2D eigenvalue weighted by Gasteiger charge is -2.43. The van der Waals surface area contributed by atoms with Gasteiger partial charge in [0.25, 0.3) is 8.32 Å². The Morgan fingerprint density at radius 2 is 1.51 bits per heavy atom. The molecule has 0 aliphatic carbocycles. The molecule has 2 aromatic rings. The standard InChI is InChI=1S/C28H38O6Si/c1-7-24(32-20(2)29)25-18-26(33-21(3)30)27(34-25)19-31-35(28(4,5)6,22-14-10-8-11-15-22)23-16-12-9-13-17-23/h8-17,24-27H,7,18-19H2,1-6H3/t24-,25+,26+,27-/m1/s1. The minimum atomic E-state index is -2.78. The Hall–Kier alpha value is -2.48. The van der Waals surface area contributed by atoms with Gasteiger partial charge in [-0.1, -0.05) is 88.4 Å². The molecule has 3 rings (SSSR count). The minimum Gasteiger partial charge on any atom is -0.460 e. The molecule has 0 amide bonds. The topological polar surface area (TPSA) is 71.1 Å². The van der Waals surface area contributed by atoms with Crippen LogP contribution in [0.3, 0.4) is 0 Å². The summed E-state index contributed by atoms with van der Waals surface area (Å²) in [6, 6.07) is 20.8. The largest absolute Gasteiger partial charge is 0.460 e. The second-order valence-corrected chi connectivity index (χ2v) is 14.4. The van der Waals surface area contributed by atoms with Gasteiger partial charge in [-0.2, -0.15) is 0 Å². The normalized spacial score (nSPS) is 21.4. The molecule has 1 heterocycles. The highest BCUT2D eigenvalue weighted by Gasteiger charge is 2.52. The highest BCUT2D eigenvalue weighted by Crippen LogP contribution is 2.38. The van der Waals surface area contributed by atoms with E-state index in [1.54, 1.807) is 0 Å². The number of carbonyl (C=O) groups is 2. The van der Waals surface area contributed by atoms with Crippen LogP contribution in [0.2, 0.25) is 5.04 Å². The van der Waals surface area contributed by atoms with Crippen molar-refractivity contribution < 1.29 is 28.2 Å².